The molecule has 0 spiro atoms. The molecule has 2 N–H and O–H groups in total. The van der Waals surface area contributed by atoms with Gasteiger partial charge in [-0.25, -0.2) is 14.2 Å². The Morgan fingerprint density at radius 2 is 1.86 bits per heavy atom. The molecule has 1 aromatic heterocycles. The molecule has 5 rings (SSSR count). The molecular formula is C33H34ClFN4O5. The predicted molar refractivity (Wildman–Crippen MR) is 166 cm³/mol. The van der Waals surface area contributed by atoms with Crippen molar-refractivity contribution in [1.82, 2.24) is 15.2 Å². The van der Waals surface area contributed by atoms with E-state index in [-0.39, 0.29) is 37.6 Å². The zero-order chi connectivity index (χ0) is 31.6. The number of hydrogen-bond acceptors (Lipinski definition) is 6. The van der Waals surface area contributed by atoms with Gasteiger partial charge in [0.15, 0.2) is 0 Å². The Balaban J connectivity index is 1.12. The maximum absolute atomic E-state index is 13.8. The topological polar surface area (TPSA) is 110 Å². The summed E-state index contributed by atoms with van der Waals surface area (Å²) in [5.74, 6) is 0.440. The molecular weight excluding hydrogens is 587 g/mol. The number of pyridine rings is 1. The summed E-state index contributed by atoms with van der Waals surface area (Å²) < 4.78 is 25.0. The van der Waals surface area contributed by atoms with Crippen molar-refractivity contribution in [3.05, 3.63) is 88.6 Å². The molecule has 3 amide bonds. The number of ether oxygens (including phenoxy) is 2. The van der Waals surface area contributed by atoms with Crippen LogP contribution in [-0.2, 0) is 22.5 Å². The normalized spacial score (nSPS) is 17.0. The Labute approximate surface area is 260 Å². The molecule has 11 heteroatoms. The second-order valence-corrected chi connectivity index (χ2v) is 12.6. The number of carbonyl (C=O) groups excluding carboxylic acids is 3. The van der Waals surface area contributed by atoms with E-state index in [1.54, 1.807) is 57.3 Å². The fourth-order valence-corrected chi connectivity index (χ4v) is 5.24. The number of carbonyl (C=O) groups is 3. The molecule has 1 unspecified atom stereocenters. The molecule has 0 saturated carbocycles. The fourth-order valence-electron chi connectivity index (χ4n) is 4.95. The highest BCUT2D eigenvalue weighted by atomic mass is 35.5. The van der Waals surface area contributed by atoms with E-state index >= 15 is 0 Å². The van der Waals surface area contributed by atoms with Crippen LogP contribution in [0, 0.1) is 0 Å². The van der Waals surface area contributed by atoms with Gasteiger partial charge >= 0.3 is 6.09 Å². The number of likely N-dealkylation sites (tertiary alicyclic amines) is 1. The van der Waals surface area contributed by atoms with Gasteiger partial charge in [0, 0.05) is 36.4 Å². The lowest BCUT2D eigenvalue weighted by Crippen LogP contribution is -2.59. The van der Waals surface area contributed by atoms with Crippen molar-refractivity contribution in [3.8, 4) is 16.9 Å². The van der Waals surface area contributed by atoms with Gasteiger partial charge in [0.2, 0.25) is 5.91 Å². The largest absolute Gasteiger partial charge is 0.484 e. The van der Waals surface area contributed by atoms with Crippen LogP contribution < -0.4 is 15.4 Å². The van der Waals surface area contributed by atoms with E-state index in [0.29, 0.717) is 28.6 Å². The molecule has 1 fully saturated rings. The van der Waals surface area contributed by atoms with Crippen LogP contribution in [0.2, 0.25) is 5.02 Å². The molecule has 0 aliphatic carbocycles. The molecule has 0 radical (unpaired) electrons. The average molecular weight is 621 g/mol. The predicted octanol–water partition coefficient (Wildman–Crippen LogP) is 6.11. The van der Waals surface area contributed by atoms with Crippen LogP contribution in [0.4, 0.5) is 15.0 Å². The SMILES string of the molecule is CC1(F)CN(C(=O)c2ccc(-c3cc(Cl)c4c(c3)CC(/C=C/C(=O)NCc3ccc(NC(=O)OC(C)(C)C)nc3)O4)cc2)C1. The Morgan fingerprint density at radius 1 is 1.14 bits per heavy atom. The van der Waals surface area contributed by atoms with Crippen LogP contribution in [0.15, 0.2) is 66.9 Å². The molecule has 3 aromatic rings. The fraction of sp³-hybridized carbons (Fsp3) is 0.333. The highest BCUT2D eigenvalue weighted by Gasteiger charge is 2.41. The van der Waals surface area contributed by atoms with Crippen LogP contribution in [-0.4, -0.2) is 58.3 Å². The van der Waals surface area contributed by atoms with E-state index < -0.39 is 17.4 Å². The third-order valence-electron chi connectivity index (χ3n) is 6.99. The van der Waals surface area contributed by atoms with Gasteiger partial charge < -0.3 is 19.7 Å². The van der Waals surface area contributed by atoms with Crippen LogP contribution in [0.1, 0.15) is 49.2 Å². The number of hydrogen-bond donors (Lipinski definition) is 2. The molecule has 2 aromatic carbocycles. The highest BCUT2D eigenvalue weighted by molar-refractivity contribution is 6.32. The van der Waals surface area contributed by atoms with Gasteiger partial charge in [0.1, 0.15) is 28.9 Å². The summed E-state index contributed by atoms with van der Waals surface area (Å²) in [6, 6.07) is 14.3. The van der Waals surface area contributed by atoms with E-state index in [2.05, 4.69) is 15.6 Å². The first-order valence-corrected chi connectivity index (χ1v) is 14.6. The number of anilines is 1. The monoisotopic (exact) mass is 620 g/mol. The summed E-state index contributed by atoms with van der Waals surface area (Å²) in [6.07, 6.45) is 4.26. The maximum atomic E-state index is 13.8. The van der Waals surface area contributed by atoms with Gasteiger partial charge in [0.25, 0.3) is 5.91 Å². The Hall–Kier alpha value is -4.44. The van der Waals surface area contributed by atoms with Crippen molar-refractivity contribution < 1.29 is 28.2 Å². The maximum Gasteiger partial charge on any atom is 0.413 e. The van der Waals surface area contributed by atoms with Crippen molar-refractivity contribution in [2.45, 2.75) is 58.0 Å². The van der Waals surface area contributed by atoms with E-state index in [4.69, 9.17) is 21.1 Å². The van der Waals surface area contributed by atoms with Crippen LogP contribution in [0.25, 0.3) is 11.1 Å². The molecule has 3 heterocycles. The molecule has 0 bridgehead atoms. The van der Waals surface area contributed by atoms with E-state index in [9.17, 15) is 18.8 Å². The quantitative estimate of drug-likeness (QED) is 0.309. The van der Waals surface area contributed by atoms with Crippen molar-refractivity contribution in [2.75, 3.05) is 18.4 Å². The van der Waals surface area contributed by atoms with Gasteiger partial charge in [-0.05, 0) is 80.8 Å². The van der Waals surface area contributed by atoms with Gasteiger partial charge in [0.05, 0.1) is 18.1 Å². The Kier molecular flexibility index (Phi) is 8.65. The number of nitrogens with one attached hydrogen (secondary N) is 2. The summed E-state index contributed by atoms with van der Waals surface area (Å²) in [7, 11) is 0. The summed E-state index contributed by atoms with van der Waals surface area (Å²) in [5.41, 5.74) is 2.00. The minimum Gasteiger partial charge on any atom is -0.484 e. The van der Waals surface area contributed by atoms with Gasteiger partial charge in [-0.3, -0.25) is 14.9 Å². The second kappa shape index (κ2) is 12.3. The van der Waals surface area contributed by atoms with Crippen LogP contribution in [0.5, 0.6) is 5.75 Å². The minimum absolute atomic E-state index is 0.104. The number of fused-ring (bicyclic) bond motifs is 1. The molecule has 2 aliphatic rings. The summed E-state index contributed by atoms with van der Waals surface area (Å²) in [5, 5.41) is 5.82. The van der Waals surface area contributed by atoms with Crippen LogP contribution in [0.3, 0.4) is 0 Å². The standard InChI is InChI=1S/C33H34ClFN4O5/c1-32(2,3)44-31(42)38-27-11-5-20(16-36-27)17-37-28(40)12-10-25-14-24-13-23(15-26(34)29(24)43-25)21-6-8-22(9-7-21)30(41)39-18-33(4,35)19-39/h5-13,15-16,25H,14,17-19H2,1-4H3,(H,37,40)(H,36,38,42)/b12-10+. The zero-order valence-electron chi connectivity index (χ0n) is 24.9. The van der Waals surface area contributed by atoms with Crippen molar-refractivity contribution in [1.29, 1.82) is 0 Å². The van der Waals surface area contributed by atoms with Crippen molar-refractivity contribution in [2.24, 2.45) is 0 Å². The first kappa shape index (κ1) is 31.0. The number of rotatable bonds is 7. The number of aromatic nitrogens is 1. The second-order valence-electron chi connectivity index (χ2n) is 12.2. The molecule has 9 nitrogen and oxygen atoms in total. The lowest BCUT2D eigenvalue weighted by atomic mass is 9.96. The third kappa shape index (κ3) is 7.74. The first-order valence-electron chi connectivity index (χ1n) is 14.2. The van der Waals surface area contributed by atoms with Crippen molar-refractivity contribution in [3.63, 3.8) is 0 Å². The van der Waals surface area contributed by atoms with Gasteiger partial charge in [-0.1, -0.05) is 29.8 Å². The number of alkyl halides is 1. The molecule has 44 heavy (non-hydrogen) atoms. The lowest BCUT2D eigenvalue weighted by Gasteiger charge is -2.42. The van der Waals surface area contributed by atoms with E-state index in [0.717, 1.165) is 22.3 Å². The minimum atomic E-state index is -1.31. The van der Waals surface area contributed by atoms with E-state index in [1.807, 2.05) is 24.3 Å². The number of nitrogens with zero attached hydrogens (tertiary/aromatic N) is 2. The summed E-state index contributed by atoms with van der Waals surface area (Å²) in [6.45, 7) is 7.28. The number of amides is 3. The smallest absolute Gasteiger partial charge is 0.413 e. The molecule has 230 valence electrons. The van der Waals surface area contributed by atoms with E-state index in [1.165, 1.54) is 17.9 Å². The third-order valence-corrected chi connectivity index (χ3v) is 7.27. The first-order chi connectivity index (χ1) is 20.7. The highest BCUT2D eigenvalue weighted by Crippen LogP contribution is 2.40. The zero-order valence-corrected chi connectivity index (χ0v) is 25.7. The Bertz CT molecular complexity index is 1590. The summed E-state index contributed by atoms with van der Waals surface area (Å²) in [4.78, 5) is 42.6. The lowest BCUT2D eigenvalue weighted by molar-refractivity contribution is -0.116. The molecule has 2 aliphatic heterocycles. The van der Waals surface area contributed by atoms with Gasteiger partial charge in [-0.2, -0.15) is 0 Å². The number of benzene rings is 2. The number of halogens is 2. The summed E-state index contributed by atoms with van der Waals surface area (Å²) >= 11 is 6.55. The Morgan fingerprint density at radius 3 is 2.50 bits per heavy atom. The average Bonchev–Trinajstić information content (AvgIpc) is 3.37. The van der Waals surface area contributed by atoms with Gasteiger partial charge in [-0.15, -0.1) is 0 Å². The molecule has 1 saturated heterocycles. The van der Waals surface area contributed by atoms with Crippen LogP contribution >= 0.6 is 11.6 Å². The molecule has 1 atom stereocenters. The van der Waals surface area contributed by atoms with Crippen molar-refractivity contribution >= 4 is 35.3 Å².